The molecule has 5 rings (SSSR count). The van der Waals surface area contributed by atoms with Gasteiger partial charge >= 0.3 is 0 Å². The number of aromatic amines is 1. The molecule has 4 heterocycles. The van der Waals surface area contributed by atoms with E-state index in [9.17, 15) is 4.79 Å². The fraction of sp³-hybridized carbons (Fsp3) is 0.462. The van der Waals surface area contributed by atoms with Crippen LogP contribution in [-0.4, -0.2) is 82.2 Å². The third-order valence-corrected chi connectivity index (χ3v) is 6.85. The number of likely N-dealkylation sites (N-methyl/N-ethyl adjacent to an activating group) is 1. The first-order chi connectivity index (χ1) is 17.0. The highest BCUT2D eigenvalue weighted by Crippen LogP contribution is 2.25. The zero-order chi connectivity index (χ0) is 24.2. The first kappa shape index (κ1) is 23.3. The number of piperidine rings is 1. The summed E-state index contributed by atoms with van der Waals surface area (Å²) in [5.41, 5.74) is 1.74. The molecule has 3 aromatic rings. The van der Waals surface area contributed by atoms with Crippen molar-refractivity contribution < 1.29 is 4.79 Å². The number of amides is 1. The molecule has 0 radical (unpaired) electrons. The van der Waals surface area contributed by atoms with Gasteiger partial charge in [-0.05, 0) is 44.9 Å². The number of likely N-dealkylation sites (tertiary alicyclic amines) is 1. The summed E-state index contributed by atoms with van der Waals surface area (Å²) in [6.45, 7) is 7.42. The van der Waals surface area contributed by atoms with Crippen molar-refractivity contribution in [1.82, 2.24) is 30.0 Å². The molecule has 0 saturated carbocycles. The number of nitrogens with one attached hydrogen (secondary N) is 2. The molecule has 184 valence electrons. The molecule has 0 aliphatic carbocycles. The number of carbonyl (C=O) groups excluding carboxylic acids is 1. The lowest BCUT2D eigenvalue weighted by atomic mass is 9.94. The Balaban J connectivity index is 1.34. The summed E-state index contributed by atoms with van der Waals surface area (Å²) >= 11 is 0. The summed E-state index contributed by atoms with van der Waals surface area (Å²) in [4.78, 5) is 29.5. The minimum atomic E-state index is 0.110. The van der Waals surface area contributed by atoms with Gasteiger partial charge in [0, 0.05) is 69.1 Å². The molecular formula is C26H34N8O. The van der Waals surface area contributed by atoms with E-state index >= 15 is 0 Å². The van der Waals surface area contributed by atoms with E-state index in [2.05, 4.69) is 32.4 Å². The predicted molar refractivity (Wildman–Crippen MR) is 137 cm³/mol. The molecule has 1 amide bonds. The summed E-state index contributed by atoms with van der Waals surface area (Å²) in [5.74, 6) is 3.71. The number of H-pyrrole nitrogens is 1. The van der Waals surface area contributed by atoms with Gasteiger partial charge in [0.2, 0.25) is 0 Å². The molecule has 2 aliphatic heterocycles. The van der Waals surface area contributed by atoms with Crippen molar-refractivity contribution in [2.45, 2.75) is 26.2 Å². The topological polar surface area (TPSA) is 93.3 Å². The molecule has 1 unspecified atom stereocenters. The Morgan fingerprint density at radius 1 is 1.06 bits per heavy atom. The van der Waals surface area contributed by atoms with Gasteiger partial charge in [-0.2, -0.15) is 5.10 Å². The number of carbonyl (C=O) groups is 1. The van der Waals surface area contributed by atoms with Gasteiger partial charge in [0.25, 0.3) is 5.91 Å². The highest BCUT2D eigenvalue weighted by molar-refractivity contribution is 5.94. The van der Waals surface area contributed by atoms with Crippen LogP contribution in [0.25, 0.3) is 0 Å². The van der Waals surface area contributed by atoms with Crippen LogP contribution in [0.4, 0.5) is 17.5 Å². The number of nitrogens with zero attached hydrogens (tertiary/aromatic N) is 6. The number of piperazine rings is 1. The molecule has 1 aromatic carbocycles. The second kappa shape index (κ2) is 10.4. The van der Waals surface area contributed by atoms with E-state index in [1.807, 2.05) is 54.3 Å². The Bertz CT molecular complexity index is 1140. The van der Waals surface area contributed by atoms with E-state index in [4.69, 9.17) is 9.97 Å². The van der Waals surface area contributed by atoms with Crippen molar-refractivity contribution >= 4 is 23.4 Å². The Kier molecular flexibility index (Phi) is 6.94. The van der Waals surface area contributed by atoms with Crippen molar-refractivity contribution in [3.05, 3.63) is 59.5 Å². The maximum absolute atomic E-state index is 13.0. The monoisotopic (exact) mass is 474 g/mol. The number of hydrogen-bond donors (Lipinski definition) is 2. The zero-order valence-corrected chi connectivity index (χ0v) is 20.6. The Labute approximate surface area is 206 Å². The van der Waals surface area contributed by atoms with E-state index in [0.717, 1.165) is 93.1 Å². The van der Waals surface area contributed by atoms with Crippen LogP contribution in [0.3, 0.4) is 0 Å². The Hall–Kier alpha value is -3.46. The molecule has 2 aliphatic rings. The van der Waals surface area contributed by atoms with Crippen LogP contribution in [0.2, 0.25) is 0 Å². The molecule has 2 aromatic heterocycles. The van der Waals surface area contributed by atoms with Crippen LogP contribution >= 0.6 is 0 Å². The number of aromatic nitrogens is 4. The minimum absolute atomic E-state index is 0.110. The summed E-state index contributed by atoms with van der Waals surface area (Å²) in [5, 5.41) is 10.6. The fourth-order valence-electron chi connectivity index (χ4n) is 4.89. The predicted octanol–water partition coefficient (Wildman–Crippen LogP) is 3.10. The number of anilines is 3. The normalized spacial score (nSPS) is 19.1. The average molecular weight is 475 g/mol. The molecule has 2 fully saturated rings. The standard InChI is InChI=1S/C26H34N8O/c1-19-15-24(31-30-19)28-23-17-25(33-13-11-32(2)12-14-33)29-22(27-23)16-20-7-6-10-34(18-20)26(35)21-8-4-3-5-9-21/h3-5,8-9,15,17,20H,6-7,10-14,16,18H2,1-2H3,(H2,27,28,29,30,31). The second-order valence-electron chi connectivity index (χ2n) is 9.71. The van der Waals surface area contributed by atoms with E-state index in [1.165, 1.54) is 0 Å². The van der Waals surface area contributed by atoms with E-state index in [1.54, 1.807) is 0 Å². The third kappa shape index (κ3) is 5.79. The molecule has 0 bridgehead atoms. The molecule has 35 heavy (non-hydrogen) atoms. The van der Waals surface area contributed by atoms with Crippen molar-refractivity contribution in [3.63, 3.8) is 0 Å². The highest BCUT2D eigenvalue weighted by atomic mass is 16.2. The smallest absolute Gasteiger partial charge is 0.253 e. The van der Waals surface area contributed by atoms with Crippen LogP contribution in [-0.2, 0) is 6.42 Å². The van der Waals surface area contributed by atoms with Crippen molar-refractivity contribution in [3.8, 4) is 0 Å². The van der Waals surface area contributed by atoms with Gasteiger partial charge in [-0.1, -0.05) is 18.2 Å². The molecule has 0 spiro atoms. The lowest BCUT2D eigenvalue weighted by Gasteiger charge is -2.34. The molecule has 9 heteroatoms. The summed E-state index contributed by atoms with van der Waals surface area (Å²) in [7, 11) is 2.15. The third-order valence-electron chi connectivity index (χ3n) is 6.85. The first-order valence-corrected chi connectivity index (χ1v) is 12.5. The van der Waals surface area contributed by atoms with E-state index in [-0.39, 0.29) is 5.91 Å². The van der Waals surface area contributed by atoms with Crippen LogP contribution < -0.4 is 10.2 Å². The molecule has 9 nitrogen and oxygen atoms in total. The van der Waals surface area contributed by atoms with Crippen molar-refractivity contribution in [1.29, 1.82) is 0 Å². The van der Waals surface area contributed by atoms with Gasteiger partial charge in [-0.15, -0.1) is 0 Å². The van der Waals surface area contributed by atoms with Crippen LogP contribution in [0.5, 0.6) is 0 Å². The van der Waals surface area contributed by atoms with Crippen LogP contribution in [0, 0.1) is 12.8 Å². The molecule has 2 saturated heterocycles. The maximum Gasteiger partial charge on any atom is 0.253 e. The van der Waals surface area contributed by atoms with Gasteiger partial charge in [0.05, 0.1) is 0 Å². The summed E-state index contributed by atoms with van der Waals surface area (Å²) < 4.78 is 0. The minimum Gasteiger partial charge on any atom is -0.354 e. The Morgan fingerprint density at radius 3 is 2.60 bits per heavy atom. The lowest BCUT2D eigenvalue weighted by molar-refractivity contribution is 0.0672. The molecule has 1 atom stereocenters. The van der Waals surface area contributed by atoms with Gasteiger partial charge < -0.3 is 20.0 Å². The summed E-state index contributed by atoms with van der Waals surface area (Å²) in [6, 6.07) is 13.5. The zero-order valence-electron chi connectivity index (χ0n) is 20.6. The lowest BCUT2D eigenvalue weighted by Crippen LogP contribution is -2.45. The second-order valence-corrected chi connectivity index (χ2v) is 9.71. The van der Waals surface area contributed by atoms with Gasteiger partial charge in [0.1, 0.15) is 17.5 Å². The maximum atomic E-state index is 13.0. The number of hydrogen-bond acceptors (Lipinski definition) is 7. The fourth-order valence-corrected chi connectivity index (χ4v) is 4.89. The average Bonchev–Trinajstić information content (AvgIpc) is 3.29. The van der Waals surface area contributed by atoms with Gasteiger partial charge in [0.15, 0.2) is 5.82 Å². The van der Waals surface area contributed by atoms with Crippen LogP contribution in [0.15, 0.2) is 42.5 Å². The number of rotatable bonds is 6. The van der Waals surface area contributed by atoms with Crippen molar-refractivity contribution in [2.24, 2.45) is 5.92 Å². The quantitative estimate of drug-likeness (QED) is 0.567. The van der Waals surface area contributed by atoms with E-state index in [0.29, 0.717) is 5.92 Å². The first-order valence-electron chi connectivity index (χ1n) is 12.5. The highest BCUT2D eigenvalue weighted by Gasteiger charge is 2.26. The summed E-state index contributed by atoms with van der Waals surface area (Å²) in [6.07, 6.45) is 2.81. The SMILES string of the molecule is Cc1cc(Nc2cc(N3CCN(C)CC3)nc(CC3CCCN(C(=O)c4ccccc4)C3)n2)n[nH]1. The largest absolute Gasteiger partial charge is 0.354 e. The van der Waals surface area contributed by atoms with E-state index < -0.39 is 0 Å². The van der Waals surface area contributed by atoms with Crippen molar-refractivity contribution in [2.75, 3.05) is 56.5 Å². The molecular weight excluding hydrogens is 440 g/mol. The Morgan fingerprint density at radius 2 is 1.86 bits per heavy atom. The van der Waals surface area contributed by atoms with Crippen LogP contribution in [0.1, 0.15) is 34.7 Å². The number of aryl methyl sites for hydroxylation is 1. The van der Waals surface area contributed by atoms with Gasteiger partial charge in [-0.3, -0.25) is 9.89 Å². The number of benzene rings is 1. The van der Waals surface area contributed by atoms with Gasteiger partial charge in [-0.25, -0.2) is 9.97 Å². The molecule has 2 N–H and O–H groups in total.